The fraction of sp³-hybridized carbons (Fsp3) is 0.455. The average molecular weight is 387 g/mol. The van der Waals surface area contributed by atoms with Gasteiger partial charge in [0.15, 0.2) is 5.92 Å². The molecule has 0 heterocycles. The molecule has 0 saturated heterocycles. The molecule has 10 heteroatoms. The number of benzene rings is 1. The topological polar surface area (TPSA) is 20.2 Å². The lowest BCUT2D eigenvalue weighted by atomic mass is 9.94. The number of aliphatic hydroxyl groups excluding tert-OH is 1. The summed E-state index contributed by atoms with van der Waals surface area (Å²) in [5.74, 6) is -6.81. The van der Waals surface area contributed by atoms with E-state index in [2.05, 4.69) is 15.9 Å². The zero-order valence-electron chi connectivity index (χ0n) is 9.87. The predicted octanol–water partition coefficient (Wildman–Crippen LogP) is 4.37. The van der Waals surface area contributed by atoms with Crippen LogP contribution in [0, 0.1) is 17.6 Å². The van der Waals surface area contributed by atoms with Crippen molar-refractivity contribution in [1.82, 2.24) is 0 Å². The van der Waals surface area contributed by atoms with E-state index >= 15 is 0 Å². The first kappa shape index (κ1) is 18.1. The van der Waals surface area contributed by atoms with Crippen LogP contribution in [0.2, 0.25) is 0 Å². The lowest BCUT2D eigenvalue weighted by Gasteiger charge is -2.27. The van der Waals surface area contributed by atoms with E-state index < -0.39 is 48.0 Å². The molecule has 0 fully saturated rings. The third-order valence-corrected chi connectivity index (χ3v) is 3.25. The van der Waals surface area contributed by atoms with Crippen LogP contribution in [-0.2, 0) is 6.42 Å². The van der Waals surface area contributed by atoms with E-state index in [-0.39, 0.29) is 4.47 Å². The molecule has 0 aliphatic heterocycles. The van der Waals surface area contributed by atoms with Gasteiger partial charge in [0.05, 0.1) is 10.6 Å². The number of hydrogen-bond acceptors (Lipinski definition) is 1. The average Bonchev–Trinajstić information content (AvgIpc) is 2.25. The Balaban J connectivity index is 3.15. The van der Waals surface area contributed by atoms with Crippen LogP contribution in [0.1, 0.15) is 5.56 Å². The van der Waals surface area contributed by atoms with E-state index in [1.165, 1.54) is 0 Å². The summed E-state index contributed by atoms with van der Waals surface area (Å²) in [5.41, 5.74) is -1.06. The molecule has 0 spiro atoms. The van der Waals surface area contributed by atoms with Gasteiger partial charge >= 0.3 is 12.4 Å². The monoisotopic (exact) mass is 386 g/mol. The smallest absolute Gasteiger partial charge is 0.392 e. The Bertz CT molecular complexity index is 496. The van der Waals surface area contributed by atoms with Crippen molar-refractivity contribution in [3.8, 4) is 0 Å². The van der Waals surface area contributed by atoms with Gasteiger partial charge in [-0.25, -0.2) is 8.78 Å². The van der Waals surface area contributed by atoms with Crippen LogP contribution in [0.3, 0.4) is 0 Å². The van der Waals surface area contributed by atoms with Gasteiger partial charge in [0.25, 0.3) is 0 Å². The Hall–Kier alpha value is -0.900. The normalized spacial score (nSPS) is 14.6. The number of aliphatic hydroxyl groups is 1. The molecule has 0 aromatic heterocycles. The summed E-state index contributed by atoms with van der Waals surface area (Å²) in [6, 6.07) is 1.55. The SMILES string of the molecule is OC(Cc1c(F)ccc(Br)c1F)C(C(F)(F)F)C(F)(F)F. The van der Waals surface area contributed by atoms with E-state index in [9.17, 15) is 40.2 Å². The number of hydrogen-bond donors (Lipinski definition) is 1. The molecule has 21 heavy (non-hydrogen) atoms. The van der Waals surface area contributed by atoms with Gasteiger partial charge in [-0.3, -0.25) is 0 Å². The summed E-state index contributed by atoms with van der Waals surface area (Å²) in [4.78, 5) is 0. The van der Waals surface area contributed by atoms with Gasteiger partial charge in [0.2, 0.25) is 0 Å². The molecular formula is C11H7BrF8O. The second-order valence-corrected chi connectivity index (χ2v) is 5.01. The van der Waals surface area contributed by atoms with Crippen LogP contribution < -0.4 is 0 Å². The lowest BCUT2D eigenvalue weighted by Crippen LogP contribution is -2.45. The van der Waals surface area contributed by atoms with Crippen molar-refractivity contribution in [1.29, 1.82) is 0 Å². The molecule has 0 aliphatic carbocycles. The van der Waals surface area contributed by atoms with E-state index in [1.54, 1.807) is 0 Å². The molecular weight excluding hydrogens is 380 g/mol. The Morgan fingerprint density at radius 2 is 1.48 bits per heavy atom. The van der Waals surface area contributed by atoms with Crippen LogP contribution >= 0.6 is 15.9 Å². The second kappa shape index (κ2) is 6.07. The van der Waals surface area contributed by atoms with Crippen molar-refractivity contribution < 1.29 is 40.2 Å². The van der Waals surface area contributed by atoms with Crippen molar-refractivity contribution in [2.75, 3.05) is 0 Å². The quantitative estimate of drug-likeness (QED) is 0.604. The first-order chi connectivity index (χ1) is 9.35. The van der Waals surface area contributed by atoms with Crippen LogP contribution in [0.5, 0.6) is 0 Å². The molecule has 0 bridgehead atoms. The molecule has 1 aromatic rings. The van der Waals surface area contributed by atoms with E-state index in [4.69, 9.17) is 0 Å². The fourth-order valence-corrected chi connectivity index (χ4v) is 2.08. The molecule has 0 aliphatic rings. The van der Waals surface area contributed by atoms with Gasteiger partial charge < -0.3 is 5.11 Å². The highest BCUT2D eigenvalue weighted by atomic mass is 79.9. The molecule has 1 unspecified atom stereocenters. The van der Waals surface area contributed by atoms with Crippen molar-refractivity contribution >= 4 is 15.9 Å². The Morgan fingerprint density at radius 3 is 1.90 bits per heavy atom. The first-order valence-electron chi connectivity index (χ1n) is 5.29. The van der Waals surface area contributed by atoms with Gasteiger partial charge in [-0.05, 0) is 28.1 Å². The summed E-state index contributed by atoms with van der Waals surface area (Å²) < 4.78 is 101. The number of rotatable bonds is 3. The van der Waals surface area contributed by atoms with Crippen LogP contribution in [-0.4, -0.2) is 23.6 Å². The molecule has 1 atom stereocenters. The minimum Gasteiger partial charge on any atom is -0.392 e. The zero-order valence-corrected chi connectivity index (χ0v) is 11.5. The van der Waals surface area contributed by atoms with Crippen LogP contribution in [0.15, 0.2) is 16.6 Å². The van der Waals surface area contributed by atoms with Gasteiger partial charge in [-0.1, -0.05) is 0 Å². The summed E-state index contributed by atoms with van der Waals surface area (Å²) in [6.45, 7) is 0. The molecule has 120 valence electrons. The largest absolute Gasteiger partial charge is 0.403 e. The molecule has 1 N–H and O–H groups in total. The zero-order chi connectivity index (χ0) is 16.6. The Labute approximate surface area is 121 Å². The third kappa shape index (κ3) is 4.29. The maximum Gasteiger partial charge on any atom is 0.403 e. The summed E-state index contributed by atoms with van der Waals surface area (Å²) in [6.07, 6.45) is -16.1. The van der Waals surface area contributed by atoms with Crippen molar-refractivity contribution in [3.63, 3.8) is 0 Å². The van der Waals surface area contributed by atoms with E-state index in [0.29, 0.717) is 6.07 Å². The van der Waals surface area contributed by atoms with Gasteiger partial charge in [-0.15, -0.1) is 0 Å². The van der Waals surface area contributed by atoms with Crippen molar-refractivity contribution in [2.45, 2.75) is 24.9 Å². The highest BCUT2D eigenvalue weighted by Gasteiger charge is 2.60. The molecule has 0 amide bonds. The van der Waals surface area contributed by atoms with Gasteiger partial charge in [0, 0.05) is 12.0 Å². The second-order valence-electron chi connectivity index (χ2n) is 4.15. The maximum absolute atomic E-state index is 13.5. The van der Waals surface area contributed by atoms with Crippen molar-refractivity contribution in [3.05, 3.63) is 33.8 Å². The predicted molar refractivity (Wildman–Crippen MR) is 59.4 cm³/mol. The number of halogens is 9. The molecule has 1 nitrogen and oxygen atoms in total. The minimum absolute atomic E-state index is 0.346. The Kier molecular flexibility index (Phi) is 5.25. The van der Waals surface area contributed by atoms with E-state index in [1.807, 2.05) is 0 Å². The van der Waals surface area contributed by atoms with Gasteiger partial charge in [0.1, 0.15) is 11.6 Å². The third-order valence-electron chi connectivity index (χ3n) is 2.64. The molecule has 1 rings (SSSR count). The van der Waals surface area contributed by atoms with Crippen LogP contribution in [0.25, 0.3) is 0 Å². The summed E-state index contributed by atoms with van der Waals surface area (Å²) in [7, 11) is 0. The molecule has 0 saturated carbocycles. The van der Waals surface area contributed by atoms with Crippen LogP contribution in [0.4, 0.5) is 35.1 Å². The maximum atomic E-state index is 13.5. The first-order valence-corrected chi connectivity index (χ1v) is 6.09. The molecule has 0 radical (unpaired) electrons. The Morgan fingerprint density at radius 1 is 1.00 bits per heavy atom. The lowest BCUT2D eigenvalue weighted by molar-refractivity contribution is -0.305. The van der Waals surface area contributed by atoms with Gasteiger partial charge in [-0.2, -0.15) is 26.3 Å². The van der Waals surface area contributed by atoms with E-state index in [0.717, 1.165) is 6.07 Å². The summed E-state index contributed by atoms with van der Waals surface area (Å²) >= 11 is 2.62. The highest BCUT2D eigenvalue weighted by molar-refractivity contribution is 9.10. The minimum atomic E-state index is -5.80. The highest BCUT2D eigenvalue weighted by Crippen LogP contribution is 2.42. The molecule has 1 aromatic carbocycles. The summed E-state index contributed by atoms with van der Waals surface area (Å²) in [5, 5.41) is 9.18. The number of alkyl halides is 6. The fourth-order valence-electron chi connectivity index (χ4n) is 1.71. The van der Waals surface area contributed by atoms with Crippen molar-refractivity contribution in [2.24, 2.45) is 5.92 Å². The standard InChI is InChI=1S/C11H7BrF8O/c12-5-1-2-6(13)4(8(5)14)3-7(21)9(10(15,16)17)11(18,19)20/h1-2,7,9,21H,3H2.